The largest absolute Gasteiger partial charge is 0.343 e. The molecule has 0 aromatic carbocycles. The number of hydrogen-bond donors (Lipinski definition) is 0. The average Bonchev–Trinajstić information content (AvgIpc) is 3.24. The summed E-state index contributed by atoms with van der Waals surface area (Å²) in [4.78, 5) is 30.6. The van der Waals surface area contributed by atoms with E-state index in [9.17, 15) is 9.59 Å². The highest BCUT2D eigenvalue weighted by molar-refractivity contribution is 7.12. The highest BCUT2D eigenvalue weighted by Crippen LogP contribution is 2.48. The number of rotatable bonds is 4. The van der Waals surface area contributed by atoms with Crippen LogP contribution >= 0.6 is 11.3 Å². The molecule has 1 spiro atoms. The molecule has 3 rings (SSSR count). The Morgan fingerprint density at radius 1 is 1.25 bits per heavy atom. The molecule has 1 atom stereocenters. The molecular weight excluding hydrogens is 320 g/mol. The van der Waals surface area contributed by atoms with Crippen molar-refractivity contribution in [2.75, 3.05) is 26.2 Å². The highest BCUT2D eigenvalue weighted by Gasteiger charge is 2.52. The van der Waals surface area contributed by atoms with Crippen LogP contribution in [0.1, 0.15) is 55.6 Å². The Bertz CT molecular complexity index is 574. The number of hydrogen-bond acceptors (Lipinski definition) is 3. The minimum absolute atomic E-state index is 0.00480. The summed E-state index contributed by atoms with van der Waals surface area (Å²) in [6.45, 7) is 6.92. The molecule has 1 saturated carbocycles. The molecule has 0 radical (unpaired) electrons. The van der Waals surface area contributed by atoms with Crippen LogP contribution in [0.5, 0.6) is 0 Å². The van der Waals surface area contributed by atoms with Gasteiger partial charge < -0.3 is 9.80 Å². The second-order valence-corrected chi connectivity index (χ2v) is 8.10. The summed E-state index contributed by atoms with van der Waals surface area (Å²) in [5, 5.41) is 1.94. The lowest BCUT2D eigenvalue weighted by molar-refractivity contribution is -0.138. The lowest BCUT2D eigenvalue weighted by atomic mass is 9.67. The van der Waals surface area contributed by atoms with E-state index in [1.54, 1.807) is 0 Å². The fourth-order valence-electron chi connectivity index (χ4n) is 4.54. The molecule has 2 heterocycles. The number of amides is 2. The zero-order chi connectivity index (χ0) is 17.2. The number of carbonyl (C=O) groups is 2. The van der Waals surface area contributed by atoms with Crippen molar-refractivity contribution >= 4 is 23.2 Å². The molecule has 1 aromatic heterocycles. The maximum absolute atomic E-state index is 13.1. The average molecular weight is 349 g/mol. The molecule has 24 heavy (non-hydrogen) atoms. The van der Waals surface area contributed by atoms with Gasteiger partial charge in [-0.1, -0.05) is 25.3 Å². The SMILES string of the molecule is CCN(CC)C(=O)C1CN(C(=O)c2cccs2)CC12CCCCC2. The van der Waals surface area contributed by atoms with E-state index in [2.05, 4.69) is 0 Å². The maximum atomic E-state index is 13.1. The summed E-state index contributed by atoms with van der Waals surface area (Å²) in [7, 11) is 0. The molecule has 2 aliphatic rings. The Balaban J connectivity index is 1.84. The number of nitrogens with zero attached hydrogens (tertiary/aromatic N) is 2. The van der Waals surface area contributed by atoms with Gasteiger partial charge in [0.15, 0.2) is 0 Å². The van der Waals surface area contributed by atoms with Gasteiger partial charge in [-0.05, 0) is 38.1 Å². The number of likely N-dealkylation sites (tertiary alicyclic amines) is 1. The summed E-state index contributed by atoms with van der Waals surface area (Å²) >= 11 is 1.49. The predicted molar refractivity (Wildman–Crippen MR) is 97.2 cm³/mol. The number of thiophene rings is 1. The normalized spacial score (nSPS) is 22.8. The summed E-state index contributed by atoms with van der Waals surface area (Å²) in [5.74, 6) is 0.329. The lowest BCUT2D eigenvalue weighted by Crippen LogP contribution is -2.44. The van der Waals surface area contributed by atoms with Crippen LogP contribution in [0, 0.1) is 11.3 Å². The van der Waals surface area contributed by atoms with Gasteiger partial charge in [0.25, 0.3) is 5.91 Å². The zero-order valence-electron chi connectivity index (χ0n) is 14.8. The third-order valence-electron chi connectivity index (χ3n) is 5.89. The van der Waals surface area contributed by atoms with E-state index in [4.69, 9.17) is 0 Å². The van der Waals surface area contributed by atoms with E-state index in [1.165, 1.54) is 30.6 Å². The molecule has 4 nitrogen and oxygen atoms in total. The van der Waals surface area contributed by atoms with Gasteiger partial charge in [-0.2, -0.15) is 0 Å². The van der Waals surface area contributed by atoms with Crippen molar-refractivity contribution in [3.05, 3.63) is 22.4 Å². The van der Waals surface area contributed by atoms with Crippen LogP contribution in [0.3, 0.4) is 0 Å². The molecule has 1 aliphatic heterocycles. The van der Waals surface area contributed by atoms with Crippen LogP contribution in [0.15, 0.2) is 17.5 Å². The number of carbonyl (C=O) groups excluding carboxylic acids is 2. The van der Waals surface area contributed by atoms with E-state index >= 15 is 0 Å². The summed E-state index contributed by atoms with van der Waals surface area (Å²) in [6, 6.07) is 3.81. The van der Waals surface area contributed by atoms with Crippen molar-refractivity contribution < 1.29 is 9.59 Å². The monoisotopic (exact) mass is 348 g/mol. The summed E-state index contributed by atoms with van der Waals surface area (Å²) in [6.07, 6.45) is 5.79. The van der Waals surface area contributed by atoms with Crippen LogP contribution in [-0.2, 0) is 4.79 Å². The summed E-state index contributed by atoms with van der Waals surface area (Å²) < 4.78 is 0. The molecule has 5 heteroatoms. The Labute approximate surface area is 148 Å². The minimum atomic E-state index is -0.0263. The molecular formula is C19H28N2O2S. The van der Waals surface area contributed by atoms with Gasteiger partial charge in [0.1, 0.15) is 0 Å². The first-order chi connectivity index (χ1) is 11.6. The fourth-order valence-corrected chi connectivity index (χ4v) is 5.23. The van der Waals surface area contributed by atoms with Crippen LogP contribution in [0.2, 0.25) is 0 Å². The molecule has 1 unspecified atom stereocenters. The van der Waals surface area contributed by atoms with E-state index in [0.717, 1.165) is 37.4 Å². The van der Waals surface area contributed by atoms with Crippen molar-refractivity contribution in [2.45, 2.75) is 46.0 Å². The standard InChI is InChI=1S/C19H28N2O2S/c1-3-20(4-2)17(22)15-13-21(18(23)16-9-8-12-24-16)14-19(15)10-6-5-7-11-19/h8-9,12,15H,3-7,10-11,13-14H2,1-2H3. The van der Waals surface area contributed by atoms with Crippen LogP contribution in [0.4, 0.5) is 0 Å². The van der Waals surface area contributed by atoms with Crippen LogP contribution in [0.25, 0.3) is 0 Å². The van der Waals surface area contributed by atoms with Gasteiger partial charge in [0, 0.05) is 31.6 Å². The predicted octanol–water partition coefficient (Wildman–Crippen LogP) is 3.64. The Morgan fingerprint density at radius 2 is 1.96 bits per heavy atom. The first kappa shape index (κ1) is 17.5. The molecule has 2 amide bonds. The third-order valence-corrected chi connectivity index (χ3v) is 6.75. The molecule has 1 aromatic rings. The molecule has 2 fully saturated rings. The minimum Gasteiger partial charge on any atom is -0.343 e. The van der Waals surface area contributed by atoms with E-state index in [-0.39, 0.29) is 23.1 Å². The molecule has 0 bridgehead atoms. The zero-order valence-corrected chi connectivity index (χ0v) is 15.6. The first-order valence-corrected chi connectivity index (χ1v) is 10.1. The van der Waals surface area contributed by atoms with Crippen molar-refractivity contribution in [2.24, 2.45) is 11.3 Å². The van der Waals surface area contributed by atoms with Gasteiger partial charge in [-0.3, -0.25) is 9.59 Å². The molecule has 1 aliphatic carbocycles. The van der Waals surface area contributed by atoms with Crippen molar-refractivity contribution in [1.29, 1.82) is 0 Å². The third kappa shape index (κ3) is 3.10. The lowest BCUT2D eigenvalue weighted by Gasteiger charge is -2.39. The van der Waals surface area contributed by atoms with E-state index in [0.29, 0.717) is 6.54 Å². The van der Waals surface area contributed by atoms with Crippen LogP contribution in [-0.4, -0.2) is 47.8 Å². The van der Waals surface area contributed by atoms with Crippen LogP contribution < -0.4 is 0 Å². The van der Waals surface area contributed by atoms with Gasteiger partial charge in [-0.15, -0.1) is 11.3 Å². The quantitative estimate of drug-likeness (QED) is 0.833. The van der Waals surface area contributed by atoms with Crippen molar-refractivity contribution in [3.63, 3.8) is 0 Å². The maximum Gasteiger partial charge on any atom is 0.263 e. The van der Waals surface area contributed by atoms with E-state index < -0.39 is 0 Å². The Hall–Kier alpha value is -1.36. The van der Waals surface area contributed by atoms with Gasteiger partial charge in [0.05, 0.1) is 10.8 Å². The van der Waals surface area contributed by atoms with Crippen molar-refractivity contribution in [1.82, 2.24) is 9.80 Å². The first-order valence-electron chi connectivity index (χ1n) is 9.23. The Kier molecular flexibility index (Phi) is 5.28. The van der Waals surface area contributed by atoms with E-state index in [1.807, 2.05) is 41.2 Å². The second kappa shape index (κ2) is 7.26. The second-order valence-electron chi connectivity index (χ2n) is 7.15. The highest BCUT2D eigenvalue weighted by atomic mass is 32.1. The van der Waals surface area contributed by atoms with Crippen molar-refractivity contribution in [3.8, 4) is 0 Å². The summed E-state index contributed by atoms with van der Waals surface area (Å²) in [5.41, 5.74) is 0.00480. The van der Waals surface area contributed by atoms with Gasteiger partial charge in [-0.25, -0.2) is 0 Å². The Morgan fingerprint density at radius 3 is 2.54 bits per heavy atom. The van der Waals surface area contributed by atoms with Gasteiger partial charge in [0.2, 0.25) is 5.91 Å². The van der Waals surface area contributed by atoms with Gasteiger partial charge >= 0.3 is 0 Å². The topological polar surface area (TPSA) is 40.6 Å². The molecule has 132 valence electrons. The smallest absolute Gasteiger partial charge is 0.263 e. The molecule has 0 N–H and O–H groups in total. The molecule has 1 saturated heterocycles. The fraction of sp³-hybridized carbons (Fsp3) is 0.684.